The summed E-state index contributed by atoms with van der Waals surface area (Å²) in [5.41, 5.74) is -1.71. The number of esters is 2. The Morgan fingerprint density at radius 3 is 1.00 bits per heavy atom. The number of nitrogens with zero attached hydrogens (tertiary/aromatic N) is 4. The van der Waals surface area contributed by atoms with Crippen molar-refractivity contribution in [1.82, 2.24) is 19.6 Å². The number of aliphatic hydroxyl groups is 1. The van der Waals surface area contributed by atoms with Crippen LogP contribution in [0.25, 0.3) is 0 Å². The molecule has 332 valence electrons. The van der Waals surface area contributed by atoms with Crippen LogP contribution in [0.15, 0.2) is 0 Å². The molecule has 0 saturated carbocycles. The zero-order valence-electron chi connectivity index (χ0n) is 40.1. The zero-order chi connectivity index (χ0) is 43.7. The van der Waals surface area contributed by atoms with Crippen LogP contribution in [0, 0.1) is 11.8 Å². The number of rotatable bonds is 11. The maximum Gasteiger partial charge on any atom is 0.321 e. The quantitative estimate of drug-likeness (QED) is 0.130. The molecular weight excluding hydrogens is 721 g/mol. The van der Waals surface area contributed by atoms with Gasteiger partial charge in [-0.3, -0.25) is 29.2 Å². The molecule has 0 spiro atoms. The Morgan fingerprint density at radius 1 is 0.474 bits per heavy atom. The first kappa shape index (κ1) is 48.3. The number of aliphatic hydroxyl groups excluding tert-OH is 1. The molecule has 11 heteroatoms. The van der Waals surface area contributed by atoms with Gasteiger partial charge in [-0.15, -0.1) is 0 Å². The molecule has 11 nitrogen and oxygen atoms in total. The number of carbonyl (C=O) groups excluding carboxylic acids is 2. The van der Waals surface area contributed by atoms with E-state index in [1.807, 2.05) is 0 Å². The first-order valence-electron chi connectivity index (χ1n) is 21.9. The van der Waals surface area contributed by atoms with Gasteiger partial charge in [0.05, 0.1) is 24.7 Å². The minimum atomic E-state index is -1.49. The average molecular weight is 807 g/mol. The summed E-state index contributed by atoms with van der Waals surface area (Å²) in [6.07, 6.45) is 2.47. The van der Waals surface area contributed by atoms with Crippen molar-refractivity contribution in [2.75, 3.05) is 34.8 Å². The van der Waals surface area contributed by atoms with E-state index >= 15 is 0 Å². The van der Waals surface area contributed by atoms with Crippen molar-refractivity contribution >= 4 is 11.9 Å². The summed E-state index contributed by atoms with van der Waals surface area (Å²) in [5.74, 6) is -3.90. The Balaban J connectivity index is 1.74. The second-order valence-corrected chi connectivity index (χ2v) is 23.7. The Labute approximate surface area is 348 Å². The highest BCUT2D eigenvalue weighted by atomic mass is 16.6. The summed E-state index contributed by atoms with van der Waals surface area (Å²) in [5, 5.41) is 12.4. The van der Waals surface area contributed by atoms with Crippen LogP contribution in [0.5, 0.6) is 0 Å². The molecule has 0 aromatic rings. The molecule has 1 N–H and O–H groups in total. The Hall–Kier alpha value is -1.34. The van der Waals surface area contributed by atoms with E-state index in [1.54, 1.807) is 0 Å². The first-order valence-corrected chi connectivity index (χ1v) is 21.9. The molecule has 4 aliphatic heterocycles. The molecule has 4 heterocycles. The number of carbonyl (C=O) groups is 2. The van der Waals surface area contributed by atoms with Gasteiger partial charge in [0.1, 0.15) is 12.2 Å². The first-order chi connectivity index (χ1) is 25.5. The number of hydrogen-bond acceptors (Lipinski definition) is 11. The van der Waals surface area contributed by atoms with E-state index in [4.69, 9.17) is 18.9 Å². The van der Waals surface area contributed by atoms with Gasteiger partial charge >= 0.3 is 11.9 Å². The van der Waals surface area contributed by atoms with Crippen LogP contribution in [0.4, 0.5) is 0 Å². The summed E-state index contributed by atoms with van der Waals surface area (Å²) in [4.78, 5) is 39.3. The fourth-order valence-corrected chi connectivity index (χ4v) is 11.3. The van der Waals surface area contributed by atoms with Gasteiger partial charge in [0, 0.05) is 70.0 Å². The van der Waals surface area contributed by atoms with Crippen molar-refractivity contribution in [3.05, 3.63) is 0 Å². The van der Waals surface area contributed by atoms with Crippen LogP contribution in [0.3, 0.4) is 0 Å². The highest BCUT2D eigenvalue weighted by molar-refractivity contribution is 5.95. The largest absolute Gasteiger partial charge is 0.462 e. The minimum absolute atomic E-state index is 0.0647. The molecule has 4 fully saturated rings. The Morgan fingerprint density at radius 2 is 0.719 bits per heavy atom. The van der Waals surface area contributed by atoms with E-state index in [0.717, 1.165) is 12.8 Å². The topological polar surface area (TPSA) is 104 Å². The molecule has 4 saturated heterocycles. The third kappa shape index (κ3) is 10.6. The van der Waals surface area contributed by atoms with Crippen molar-refractivity contribution < 1.29 is 33.6 Å². The lowest BCUT2D eigenvalue weighted by Gasteiger charge is -2.54. The predicted molar refractivity (Wildman–Crippen MR) is 228 cm³/mol. The van der Waals surface area contributed by atoms with E-state index in [1.165, 1.54) is 0 Å². The molecule has 0 aromatic heterocycles. The van der Waals surface area contributed by atoms with Gasteiger partial charge < -0.3 is 24.1 Å². The molecule has 57 heavy (non-hydrogen) atoms. The molecule has 2 unspecified atom stereocenters. The molecule has 4 rings (SSSR count). The van der Waals surface area contributed by atoms with Crippen molar-refractivity contribution in [3.8, 4) is 0 Å². The second-order valence-electron chi connectivity index (χ2n) is 23.7. The molecular formula is C46H86N4O7. The van der Waals surface area contributed by atoms with E-state index in [-0.39, 0.29) is 63.1 Å². The number of ether oxygens (including phenoxy) is 4. The van der Waals surface area contributed by atoms with Crippen molar-refractivity contribution in [1.29, 1.82) is 0 Å². The maximum atomic E-state index is 14.9. The van der Waals surface area contributed by atoms with E-state index in [0.29, 0.717) is 38.5 Å². The lowest BCUT2D eigenvalue weighted by molar-refractivity contribution is -0.227. The Bertz CT molecular complexity index is 1310. The van der Waals surface area contributed by atoms with Crippen LogP contribution in [-0.2, 0) is 28.5 Å². The van der Waals surface area contributed by atoms with Crippen LogP contribution in [0.2, 0.25) is 0 Å². The highest BCUT2D eigenvalue weighted by Gasteiger charge is 2.52. The van der Waals surface area contributed by atoms with Gasteiger partial charge in [-0.25, -0.2) is 0 Å². The van der Waals surface area contributed by atoms with Gasteiger partial charge in [0.25, 0.3) is 0 Å². The molecule has 0 bridgehead atoms. The SMILES string of the molecule is CN1C(C)(C)CC(OCC(C(O)OC2CC(C)(C)N(C)C(C)(C)C2)C(C(=O)OC2CC(C)(C)N(C)C(C)(C)C2)C(=O)OC2CC(C)(C)N(C)C(C)(C)C2)CC1(C)C. The van der Waals surface area contributed by atoms with E-state index in [2.05, 4.69) is 159 Å². The zero-order valence-corrected chi connectivity index (χ0v) is 40.1. The lowest BCUT2D eigenvalue weighted by atomic mass is 9.78. The van der Waals surface area contributed by atoms with Crippen molar-refractivity contribution in [3.63, 3.8) is 0 Å². The number of hydrogen-bond donors (Lipinski definition) is 1. The van der Waals surface area contributed by atoms with Crippen LogP contribution < -0.4 is 0 Å². The average Bonchev–Trinajstić information content (AvgIpc) is 3.00. The summed E-state index contributed by atoms with van der Waals surface area (Å²) < 4.78 is 26.3. The van der Waals surface area contributed by atoms with Gasteiger partial charge in [-0.1, -0.05) is 0 Å². The fraction of sp³-hybridized carbons (Fsp3) is 0.957. The highest BCUT2D eigenvalue weighted by Crippen LogP contribution is 2.43. The summed E-state index contributed by atoms with van der Waals surface area (Å²) in [7, 11) is 8.51. The number of likely N-dealkylation sites (tertiary alicyclic amines) is 4. The van der Waals surface area contributed by atoms with Crippen LogP contribution >= 0.6 is 0 Å². The molecule has 2 atom stereocenters. The molecule has 0 aromatic carbocycles. The Kier molecular flexibility index (Phi) is 13.7. The van der Waals surface area contributed by atoms with Crippen LogP contribution in [0.1, 0.15) is 162 Å². The monoisotopic (exact) mass is 807 g/mol. The summed E-state index contributed by atoms with van der Waals surface area (Å²) in [6.45, 7) is 34.8. The van der Waals surface area contributed by atoms with Gasteiger partial charge in [0.15, 0.2) is 12.2 Å². The molecule has 0 amide bonds. The van der Waals surface area contributed by atoms with Gasteiger partial charge in [-0.2, -0.15) is 0 Å². The smallest absolute Gasteiger partial charge is 0.321 e. The molecule has 0 radical (unpaired) electrons. The molecule has 0 aliphatic carbocycles. The standard InChI is InChI=1S/C46H86N4O7/c1-39(2)21-30(22-40(3,4)47(39)17)54-29-34(36(51)55-31-23-41(5,6)48(18)42(7,8)24-31)35(37(52)56-32-25-43(9,10)49(19)44(11,12)26-32)38(53)57-33-27-45(13,14)50(20)46(15,16)28-33/h30-36,51H,21-29H2,1-20H3. The van der Waals surface area contributed by atoms with E-state index < -0.39 is 42.3 Å². The second kappa shape index (κ2) is 16.2. The number of piperidine rings is 4. The van der Waals surface area contributed by atoms with Gasteiger partial charge in [0.2, 0.25) is 0 Å². The maximum absolute atomic E-state index is 14.9. The summed E-state index contributed by atoms with van der Waals surface area (Å²) in [6, 6.07) is 0. The fourth-order valence-electron chi connectivity index (χ4n) is 11.3. The normalized spacial score (nSPS) is 29.5. The summed E-state index contributed by atoms with van der Waals surface area (Å²) >= 11 is 0. The molecule has 4 aliphatic rings. The van der Waals surface area contributed by atoms with Crippen LogP contribution in [-0.4, -0.2) is 146 Å². The van der Waals surface area contributed by atoms with Gasteiger partial charge in [-0.05, 0) is 165 Å². The van der Waals surface area contributed by atoms with Crippen molar-refractivity contribution in [2.45, 2.75) is 237 Å². The predicted octanol–water partition coefficient (Wildman–Crippen LogP) is 7.26. The van der Waals surface area contributed by atoms with E-state index in [9.17, 15) is 14.7 Å². The third-order valence-electron chi connectivity index (χ3n) is 15.8. The third-order valence-corrected chi connectivity index (χ3v) is 15.8. The van der Waals surface area contributed by atoms with Crippen molar-refractivity contribution in [2.24, 2.45) is 11.8 Å². The lowest BCUT2D eigenvalue weighted by Crippen LogP contribution is -2.62. The minimum Gasteiger partial charge on any atom is -0.462 e.